The van der Waals surface area contributed by atoms with Crippen LogP contribution in [0.4, 0.5) is 0 Å². The molecule has 2 atom stereocenters. The van der Waals surface area contributed by atoms with Gasteiger partial charge in [-0.15, -0.1) is 0 Å². The highest BCUT2D eigenvalue weighted by atomic mass is 16.4. The van der Waals surface area contributed by atoms with E-state index >= 15 is 0 Å². The van der Waals surface area contributed by atoms with Crippen LogP contribution in [0.1, 0.15) is 25.8 Å². The number of carbonyl (C=O) groups is 1. The Balaban J connectivity index is 2.47. The van der Waals surface area contributed by atoms with Gasteiger partial charge < -0.3 is 5.11 Å². The number of benzene rings is 1. The zero-order chi connectivity index (χ0) is 13.4. The first-order chi connectivity index (χ1) is 8.59. The Labute approximate surface area is 109 Å². The van der Waals surface area contributed by atoms with Crippen LogP contribution in [0, 0.1) is 11.8 Å². The molecule has 0 aliphatic rings. The third-order valence-corrected chi connectivity index (χ3v) is 3.06. The molecular weight excluding hydrogens is 224 g/mol. The van der Waals surface area contributed by atoms with Gasteiger partial charge in [-0.3, -0.25) is 0 Å². The Morgan fingerprint density at radius 2 is 1.94 bits per heavy atom. The van der Waals surface area contributed by atoms with Crippen molar-refractivity contribution in [3.05, 3.63) is 54.1 Å². The van der Waals surface area contributed by atoms with Gasteiger partial charge in [-0.2, -0.15) is 0 Å². The van der Waals surface area contributed by atoms with Gasteiger partial charge in [-0.25, -0.2) is 4.79 Å². The molecule has 0 aliphatic carbocycles. The molecule has 1 N–H and O–H groups in total. The highest BCUT2D eigenvalue weighted by Crippen LogP contribution is 2.18. The number of hydrogen-bond acceptors (Lipinski definition) is 1. The summed E-state index contributed by atoms with van der Waals surface area (Å²) in [6.45, 7) is 4.28. The van der Waals surface area contributed by atoms with E-state index < -0.39 is 5.97 Å². The van der Waals surface area contributed by atoms with Crippen molar-refractivity contribution in [1.82, 2.24) is 0 Å². The van der Waals surface area contributed by atoms with Gasteiger partial charge in [0.1, 0.15) is 0 Å². The van der Waals surface area contributed by atoms with Gasteiger partial charge in [0.25, 0.3) is 0 Å². The standard InChI is InChI=1S/C16H20O2/c1-13(7-6-10-16(17)18)14(2)11-12-15-8-4-3-5-9-15/h3-6,8-14H,7H2,1-2H3,(H,17,18)/b10-6+,12-11+/t13-,14+/m0/s1. The lowest BCUT2D eigenvalue weighted by molar-refractivity contribution is -0.131. The molecule has 2 nitrogen and oxygen atoms in total. The van der Waals surface area contributed by atoms with Crippen molar-refractivity contribution in [2.24, 2.45) is 11.8 Å². The number of hydrogen-bond donors (Lipinski definition) is 1. The molecule has 0 bridgehead atoms. The minimum absolute atomic E-state index is 0.420. The van der Waals surface area contributed by atoms with Crippen LogP contribution in [0.3, 0.4) is 0 Å². The van der Waals surface area contributed by atoms with E-state index in [4.69, 9.17) is 5.11 Å². The molecule has 0 fully saturated rings. The van der Waals surface area contributed by atoms with Gasteiger partial charge in [-0.1, -0.05) is 62.4 Å². The molecule has 96 valence electrons. The summed E-state index contributed by atoms with van der Waals surface area (Å²) >= 11 is 0. The van der Waals surface area contributed by atoms with Crippen molar-refractivity contribution in [2.45, 2.75) is 20.3 Å². The molecule has 1 aromatic carbocycles. The van der Waals surface area contributed by atoms with Crippen LogP contribution >= 0.6 is 0 Å². The maximum atomic E-state index is 10.4. The van der Waals surface area contributed by atoms with Crippen molar-refractivity contribution in [2.75, 3.05) is 0 Å². The molecule has 0 unspecified atom stereocenters. The third-order valence-electron chi connectivity index (χ3n) is 3.06. The number of rotatable bonds is 6. The molecule has 0 saturated carbocycles. The second-order valence-corrected chi connectivity index (χ2v) is 4.58. The smallest absolute Gasteiger partial charge is 0.327 e. The lowest BCUT2D eigenvalue weighted by Crippen LogP contribution is -2.04. The molecular formula is C16H20O2. The van der Waals surface area contributed by atoms with Crippen LogP contribution in [-0.4, -0.2) is 11.1 Å². The van der Waals surface area contributed by atoms with Gasteiger partial charge in [0.2, 0.25) is 0 Å². The zero-order valence-electron chi connectivity index (χ0n) is 10.9. The molecule has 0 heterocycles. The Morgan fingerprint density at radius 3 is 2.56 bits per heavy atom. The van der Waals surface area contributed by atoms with E-state index in [1.165, 1.54) is 11.6 Å². The SMILES string of the molecule is C[C@H](/C=C/c1ccccc1)[C@@H](C)C/C=C/C(=O)O. The Morgan fingerprint density at radius 1 is 1.28 bits per heavy atom. The third kappa shape index (κ3) is 5.48. The molecule has 0 saturated heterocycles. The fourth-order valence-electron chi connectivity index (χ4n) is 1.61. The van der Waals surface area contributed by atoms with Gasteiger partial charge >= 0.3 is 5.97 Å². The predicted molar refractivity (Wildman–Crippen MR) is 75.2 cm³/mol. The largest absolute Gasteiger partial charge is 0.478 e. The van der Waals surface area contributed by atoms with Gasteiger partial charge in [0.05, 0.1) is 0 Å². The average molecular weight is 244 g/mol. The fourth-order valence-corrected chi connectivity index (χ4v) is 1.61. The van der Waals surface area contributed by atoms with Crippen LogP contribution < -0.4 is 0 Å². The van der Waals surface area contributed by atoms with Crippen LogP contribution in [0.15, 0.2) is 48.6 Å². The summed E-state index contributed by atoms with van der Waals surface area (Å²) in [7, 11) is 0. The first-order valence-electron chi connectivity index (χ1n) is 6.22. The van der Waals surface area contributed by atoms with Crippen molar-refractivity contribution in [3.8, 4) is 0 Å². The van der Waals surface area contributed by atoms with Gasteiger partial charge in [-0.05, 0) is 23.8 Å². The average Bonchev–Trinajstić information content (AvgIpc) is 2.36. The van der Waals surface area contributed by atoms with Crippen molar-refractivity contribution < 1.29 is 9.90 Å². The molecule has 0 aromatic heterocycles. The van der Waals surface area contributed by atoms with E-state index in [0.717, 1.165) is 6.42 Å². The minimum atomic E-state index is -0.880. The maximum Gasteiger partial charge on any atom is 0.327 e. The first-order valence-corrected chi connectivity index (χ1v) is 6.22. The molecule has 1 aromatic rings. The quantitative estimate of drug-likeness (QED) is 0.768. The monoisotopic (exact) mass is 244 g/mol. The molecule has 1 rings (SSSR count). The zero-order valence-corrected chi connectivity index (χ0v) is 10.9. The molecule has 18 heavy (non-hydrogen) atoms. The summed E-state index contributed by atoms with van der Waals surface area (Å²) < 4.78 is 0. The molecule has 0 amide bonds. The highest BCUT2D eigenvalue weighted by Gasteiger charge is 2.07. The first kappa shape index (κ1) is 14.2. The molecule has 0 radical (unpaired) electrons. The lowest BCUT2D eigenvalue weighted by atomic mass is 9.92. The van der Waals surface area contributed by atoms with Crippen molar-refractivity contribution >= 4 is 12.0 Å². The maximum absolute atomic E-state index is 10.4. The van der Waals surface area contributed by atoms with E-state index in [1.807, 2.05) is 18.2 Å². The lowest BCUT2D eigenvalue weighted by Gasteiger charge is -2.14. The summed E-state index contributed by atoms with van der Waals surface area (Å²) in [5.74, 6) is -0.0288. The van der Waals surface area contributed by atoms with Crippen LogP contribution in [0.5, 0.6) is 0 Å². The molecule has 0 spiro atoms. The second kappa shape index (κ2) is 7.49. The Bertz CT molecular complexity index is 418. The van der Waals surface area contributed by atoms with Crippen LogP contribution in [0.2, 0.25) is 0 Å². The predicted octanol–water partition coefficient (Wildman–Crippen LogP) is 4.00. The summed E-state index contributed by atoms with van der Waals surface area (Å²) in [5.41, 5.74) is 1.19. The summed E-state index contributed by atoms with van der Waals surface area (Å²) in [4.78, 5) is 10.4. The number of carboxylic acid groups (broad SMARTS) is 1. The topological polar surface area (TPSA) is 37.3 Å². The summed E-state index contributed by atoms with van der Waals surface area (Å²) in [5, 5.41) is 8.52. The van der Waals surface area contributed by atoms with Crippen LogP contribution in [-0.2, 0) is 4.79 Å². The van der Waals surface area contributed by atoms with E-state index in [9.17, 15) is 4.79 Å². The Kier molecular flexibility index (Phi) is 5.92. The van der Waals surface area contributed by atoms with Crippen molar-refractivity contribution in [3.63, 3.8) is 0 Å². The molecule has 0 aliphatic heterocycles. The number of aliphatic carboxylic acids is 1. The number of carboxylic acids is 1. The van der Waals surface area contributed by atoms with E-state index in [1.54, 1.807) is 6.08 Å². The van der Waals surface area contributed by atoms with Crippen molar-refractivity contribution in [1.29, 1.82) is 0 Å². The van der Waals surface area contributed by atoms with E-state index in [2.05, 4.69) is 38.1 Å². The second-order valence-electron chi connectivity index (χ2n) is 4.58. The fraction of sp³-hybridized carbons (Fsp3) is 0.312. The summed E-state index contributed by atoms with van der Waals surface area (Å²) in [6.07, 6.45) is 8.01. The minimum Gasteiger partial charge on any atom is -0.478 e. The summed E-state index contributed by atoms with van der Waals surface area (Å²) in [6, 6.07) is 10.2. The molecule has 2 heteroatoms. The van der Waals surface area contributed by atoms with Gasteiger partial charge in [0.15, 0.2) is 0 Å². The normalized spacial score (nSPS) is 15.0. The van der Waals surface area contributed by atoms with E-state index in [-0.39, 0.29) is 0 Å². The van der Waals surface area contributed by atoms with E-state index in [0.29, 0.717) is 11.8 Å². The highest BCUT2D eigenvalue weighted by molar-refractivity contribution is 5.79. The van der Waals surface area contributed by atoms with Crippen LogP contribution in [0.25, 0.3) is 6.08 Å². The Hall–Kier alpha value is -1.83. The number of allylic oxidation sites excluding steroid dienone is 2. The van der Waals surface area contributed by atoms with Gasteiger partial charge in [0, 0.05) is 6.08 Å².